The van der Waals surface area contributed by atoms with Gasteiger partial charge in [-0.1, -0.05) is 0 Å². The van der Waals surface area contributed by atoms with Crippen molar-refractivity contribution < 1.29 is 9.59 Å². The highest BCUT2D eigenvalue weighted by atomic mass is 32.1. The quantitative estimate of drug-likeness (QED) is 0.795. The number of aromatic nitrogens is 2. The minimum absolute atomic E-state index is 0.0973. The molecule has 2 heterocycles. The molecule has 8 heteroatoms. The lowest BCUT2D eigenvalue weighted by Crippen LogP contribution is -2.33. The third-order valence-electron chi connectivity index (χ3n) is 2.69. The van der Waals surface area contributed by atoms with Gasteiger partial charge in [-0.15, -0.1) is 0 Å². The van der Waals surface area contributed by atoms with Crippen LogP contribution in [0.2, 0.25) is 0 Å². The molecule has 1 aliphatic heterocycles. The zero-order valence-electron chi connectivity index (χ0n) is 8.97. The van der Waals surface area contributed by atoms with Crippen molar-refractivity contribution in [3.05, 3.63) is 5.82 Å². The number of amides is 3. The molecule has 1 aliphatic carbocycles. The summed E-state index contributed by atoms with van der Waals surface area (Å²) in [5.74, 6) is 1.16. The van der Waals surface area contributed by atoms with Crippen molar-refractivity contribution in [2.45, 2.75) is 18.8 Å². The normalized spacial score (nSPS) is 19.3. The molecule has 0 spiro atoms. The molecule has 1 aromatic heterocycles. The van der Waals surface area contributed by atoms with Gasteiger partial charge in [-0.05, 0) is 12.8 Å². The Balaban J connectivity index is 1.61. The molecular formula is C9H11N5O2S. The van der Waals surface area contributed by atoms with E-state index in [-0.39, 0.29) is 25.2 Å². The van der Waals surface area contributed by atoms with Crippen molar-refractivity contribution in [1.29, 1.82) is 0 Å². The molecule has 0 aromatic carbocycles. The standard InChI is InChI=1S/C9H11N5O2S/c15-6-3-14(4-10-6)9(16)12-8-11-7(13-17-8)5-1-2-5/h5H,1-4H2,(H,10,15)(H,11,12,13,16). The minimum Gasteiger partial charge on any atom is -0.337 e. The zero-order chi connectivity index (χ0) is 11.8. The summed E-state index contributed by atoms with van der Waals surface area (Å²) in [5, 5.41) is 5.71. The maximum Gasteiger partial charge on any atom is 0.325 e. The van der Waals surface area contributed by atoms with E-state index in [9.17, 15) is 9.59 Å². The van der Waals surface area contributed by atoms with Crippen molar-refractivity contribution in [3.63, 3.8) is 0 Å². The fourth-order valence-corrected chi connectivity index (χ4v) is 2.21. The number of urea groups is 1. The lowest BCUT2D eigenvalue weighted by atomic mass is 10.4. The summed E-state index contributed by atoms with van der Waals surface area (Å²) < 4.78 is 4.19. The van der Waals surface area contributed by atoms with Gasteiger partial charge in [0.05, 0.1) is 6.67 Å². The van der Waals surface area contributed by atoms with Crippen LogP contribution < -0.4 is 10.6 Å². The first-order valence-corrected chi connectivity index (χ1v) is 6.16. The molecule has 2 fully saturated rings. The van der Waals surface area contributed by atoms with E-state index in [4.69, 9.17) is 0 Å². The van der Waals surface area contributed by atoms with E-state index in [1.807, 2.05) is 0 Å². The van der Waals surface area contributed by atoms with E-state index in [0.717, 1.165) is 18.7 Å². The Labute approximate surface area is 101 Å². The summed E-state index contributed by atoms with van der Waals surface area (Å²) in [6, 6.07) is -0.318. The Hall–Kier alpha value is -1.70. The van der Waals surface area contributed by atoms with Gasteiger partial charge < -0.3 is 5.32 Å². The van der Waals surface area contributed by atoms with Crippen molar-refractivity contribution in [1.82, 2.24) is 19.6 Å². The number of hydrogen-bond donors (Lipinski definition) is 2. The predicted octanol–water partition coefficient (Wildman–Crippen LogP) is 0.337. The highest BCUT2D eigenvalue weighted by Gasteiger charge is 2.29. The number of carbonyl (C=O) groups is 2. The number of hydrogen-bond acceptors (Lipinski definition) is 5. The lowest BCUT2D eigenvalue weighted by Gasteiger charge is -2.12. The number of anilines is 1. The minimum atomic E-state index is -0.318. The molecule has 0 atom stereocenters. The highest BCUT2D eigenvalue weighted by molar-refractivity contribution is 7.09. The molecule has 2 N–H and O–H groups in total. The highest BCUT2D eigenvalue weighted by Crippen LogP contribution is 2.39. The Morgan fingerprint density at radius 3 is 3.00 bits per heavy atom. The smallest absolute Gasteiger partial charge is 0.325 e. The van der Waals surface area contributed by atoms with E-state index in [1.54, 1.807) is 0 Å². The van der Waals surface area contributed by atoms with Crippen LogP contribution in [0.25, 0.3) is 0 Å². The molecular weight excluding hydrogens is 242 g/mol. The Kier molecular flexibility index (Phi) is 2.43. The molecule has 7 nitrogen and oxygen atoms in total. The molecule has 17 heavy (non-hydrogen) atoms. The molecule has 1 saturated heterocycles. The molecule has 2 aliphatic rings. The second kappa shape index (κ2) is 3.95. The van der Waals surface area contributed by atoms with Gasteiger partial charge in [-0.2, -0.15) is 4.37 Å². The predicted molar refractivity (Wildman–Crippen MR) is 60.6 cm³/mol. The summed E-state index contributed by atoms with van der Waals surface area (Å²) in [7, 11) is 0. The zero-order valence-corrected chi connectivity index (χ0v) is 9.79. The maximum absolute atomic E-state index is 11.7. The molecule has 1 saturated carbocycles. The Morgan fingerprint density at radius 1 is 1.53 bits per heavy atom. The van der Waals surface area contributed by atoms with Gasteiger partial charge in [0.1, 0.15) is 12.4 Å². The first-order chi connectivity index (χ1) is 8.22. The van der Waals surface area contributed by atoms with E-state index < -0.39 is 0 Å². The van der Waals surface area contributed by atoms with Gasteiger partial charge in [0.2, 0.25) is 11.0 Å². The fourth-order valence-electron chi connectivity index (χ4n) is 1.58. The van der Waals surface area contributed by atoms with Crippen LogP contribution in [0, 0.1) is 0 Å². The first-order valence-electron chi connectivity index (χ1n) is 5.38. The van der Waals surface area contributed by atoms with Crippen LogP contribution in [0.4, 0.5) is 9.93 Å². The molecule has 0 bridgehead atoms. The van der Waals surface area contributed by atoms with E-state index in [0.29, 0.717) is 11.0 Å². The summed E-state index contributed by atoms with van der Waals surface area (Å²) in [6.07, 6.45) is 2.27. The molecule has 3 amide bonds. The van der Waals surface area contributed by atoms with Crippen molar-refractivity contribution >= 4 is 28.6 Å². The summed E-state index contributed by atoms with van der Waals surface area (Å²) in [6.45, 7) is 0.346. The number of nitrogens with one attached hydrogen (secondary N) is 2. The van der Waals surface area contributed by atoms with Gasteiger partial charge in [0.25, 0.3) is 0 Å². The van der Waals surface area contributed by atoms with Crippen LogP contribution >= 0.6 is 11.5 Å². The number of nitrogens with zero attached hydrogens (tertiary/aromatic N) is 3. The van der Waals surface area contributed by atoms with Gasteiger partial charge in [-0.25, -0.2) is 9.78 Å². The molecule has 90 valence electrons. The van der Waals surface area contributed by atoms with Crippen LogP contribution in [0.15, 0.2) is 0 Å². The second-order valence-corrected chi connectivity index (χ2v) is 4.87. The van der Waals surface area contributed by atoms with E-state index in [1.165, 1.54) is 16.4 Å². The third kappa shape index (κ3) is 2.21. The Morgan fingerprint density at radius 2 is 2.35 bits per heavy atom. The molecule has 0 unspecified atom stereocenters. The third-order valence-corrected chi connectivity index (χ3v) is 3.33. The molecule has 0 radical (unpaired) electrons. The van der Waals surface area contributed by atoms with E-state index >= 15 is 0 Å². The monoisotopic (exact) mass is 253 g/mol. The van der Waals surface area contributed by atoms with Crippen LogP contribution in [-0.2, 0) is 4.79 Å². The summed E-state index contributed by atoms with van der Waals surface area (Å²) in [5.41, 5.74) is 0. The van der Waals surface area contributed by atoms with Crippen LogP contribution in [-0.4, -0.2) is 39.4 Å². The first kappa shape index (κ1) is 10.5. The van der Waals surface area contributed by atoms with Crippen LogP contribution in [0.5, 0.6) is 0 Å². The van der Waals surface area contributed by atoms with Gasteiger partial charge >= 0.3 is 6.03 Å². The van der Waals surface area contributed by atoms with Crippen LogP contribution in [0.1, 0.15) is 24.6 Å². The van der Waals surface area contributed by atoms with Gasteiger partial charge in [-0.3, -0.25) is 15.0 Å². The van der Waals surface area contributed by atoms with E-state index in [2.05, 4.69) is 20.0 Å². The SMILES string of the molecule is O=C1CN(C(=O)Nc2nc(C3CC3)ns2)CN1. The lowest BCUT2D eigenvalue weighted by molar-refractivity contribution is -0.118. The Bertz CT molecular complexity index is 470. The maximum atomic E-state index is 11.7. The average Bonchev–Trinajstić information content (AvgIpc) is 2.90. The summed E-state index contributed by atoms with van der Waals surface area (Å²) >= 11 is 1.18. The largest absolute Gasteiger partial charge is 0.337 e. The molecule has 3 rings (SSSR count). The number of carbonyl (C=O) groups excluding carboxylic acids is 2. The van der Waals surface area contributed by atoms with Gasteiger partial charge in [0.15, 0.2) is 0 Å². The number of rotatable bonds is 2. The topological polar surface area (TPSA) is 87.2 Å². The summed E-state index contributed by atoms with van der Waals surface area (Å²) in [4.78, 5) is 28.3. The second-order valence-electron chi connectivity index (χ2n) is 4.12. The van der Waals surface area contributed by atoms with Crippen molar-refractivity contribution in [3.8, 4) is 0 Å². The van der Waals surface area contributed by atoms with Crippen LogP contribution in [0.3, 0.4) is 0 Å². The van der Waals surface area contributed by atoms with Crippen molar-refractivity contribution in [2.75, 3.05) is 18.5 Å². The van der Waals surface area contributed by atoms with Gasteiger partial charge in [0, 0.05) is 17.5 Å². The fraction of sp³-hybridized carbons (Fsp3) is 0.556. The molecule has 1 aromatic rings. The average molecular weight is 253 g/mol. The van der Waals surface area contributed by atoms with Crippen molar-refractivity contribution in [2.24, 2.45) is 0 Å².